The van der Waals surface area contributed by atoms with Crippen LogP contribution in [0.4, 0.5) is 18.9 Å². The molecule has 1 aromatic rings. The van der Waals surface area contributed by atoms with Crippen molar-refractivity contribution >= 4 is 17.7 Å². The summed E-state index contributed by atoms with van der Waals surface area (Å²) in [6, 6.07) is 1.10. The second-order valence-corrected chi connectivity index (χ2v) is 3.81. The number of hydrogen-bond acceptors (Lipinski definition) is 5. The number of esters is 1. The highest BCUT2D eigenvalue weighted by molar-refractivity contribution is 5.88. The van der Waals surface area contributed by atoms with Gasteiger partial charge in [0.05, 0.1) is 18.4 Å². The fourth-order valence-corrected chi connectivity index (χ4v) is 1.49. The predicted molar refractivity (Wildman–Crippen MR) is 69.3 cm³/mol. The van der Waals surface area contributed by atoms with E-state index in [4.69, 9.17) is 10.5 Å². The Bertz CT molecular complexity index is 547. The number of ether oxygens (including phenoxy) is 3. The minimum Gasteiger partial charge on any atom is -0.467 e. The van der Waals surface area contributed by atoms with Gasteiger partial charge in [-0.3, -0.25) is 0 Å². The summed E-state index contributed by atoms with van der Waals surface area (Å²) in [7, 11) is 2.44. The monoisotopic (exact) mass is 305 g/mol. The van der Waals surface area contributed by atoms with E-state index in [0.717, 1.165) is 25.3 Å². The molecular weight excluding hydrogens is 291 g/mol. The zero-order valence-electron chi connectivity index (χ0n) is 11.4. The van der Waals surface area contributed by atoms with E-state index in [1.807, 2.05) is 0 Å². The summed E-state index contributed by atoms with van der Waals surface area (Å²) in [6.45, 7) is -0.344. The Kier molecular flexibility index (Phi) is 6.04. The topological polar surface area (TPSA) is 70.8 Å². The number of benzene rings is 1. The van der Waals surface area contributed by atoms with Crippen LogP contribution in [0.3, 0.4) is 0 Å². The van der Waals surface area contributed by atoms with Crippen molar-refractivity contribution in [2.24, 2.45) is 0 Å². The van der Waals surface area contributed by atoms with Gasteiger partial charge in [-0.2, -0.15) is 0 Å². The molecular formula is C13H14F3NO4. The van der Waals surface area contributed by atoms with Gasteiger partial charge in [-0.1, -0.05) is 0 Å². The average molecular weight is 305 g/mol. The molecule has 0 bridgehead atoms. The molecule has 0 aliphatic carbocycles. The quantitative estimate of drug-likeness (QED) is 0.378. The Balaban J connectivity index is 3.30. The summed E-state index contributed by atoms with van der Waals surface area (Å²) in [5.41, 5.74) is 3.98. The van der Waals surface area contributed by atoms with E-state index >= 15 is 0 Å². The fraction of sp³-hybridized carbons (Fsp3) is 0.308. The van der Waals surface area contributed by atoms with Crippen molar-refractivity contribution in [2.75, 3.05) is 26.7 Å². The molecule has 0 saturated carbocycles. The molecule has 0 aromatic heterocycles. The lowest BCUT2D eigenvalue weighted by Crippen LogP contribution is -2.07. The molecule has 5 nitrogen and oxygen atoms in total. The number of rotatable bonds is 6. The first kappa shape index (κ1) is 16.8. The standard InChI is InChI=1S/C13H14F3NO4/c1-19-6-21-8-5-7(3-4-9(18)20-2)12(17)11(14)10(8)13(15)16/h3-5,13H,6,17H2,1-2H3/b4-3+. The second-order valence-electron chi connectivity index (χ2n) is 3.81. The molecule has 0 heterocycles. The Labute approximate surface area is 119 Å². The Morgan fingerprint density at radius 3 is 2.62 bits per heavy atom. The van der Waals surface area contributed by atoms with E-state index in [0.29, 0.717) is 0 Å². The molecule has 0 radical (unpaired) electrons. The van der Waals surface area contributed by atoms with Crippen LogP contribution in [0.2, 0.25) is 0 Å². The molecule has 21 heavy (non-hydrogen) atoms. The molecule has 0 aliphatic heterocycles. The van der Waals surface area contributed by atoms with Gasteiger partial charge in [0.25, 0.3) is 6.43 Å². The van der Waals surface area contributed by atoms with Gasteiger partial charge in [0.15, 0.2) is 12.6 Å². The summed E-state index contributed by atoms with van der Waals surface area (Å²) in [6.07, 6.45) is -0.996. The van der Waals surface area contributed by atoms with E-state index in [-0.39, 0.29) is 12.4 Å². The SMILES string of the molecule is COCOc1cc(/C=C/C(=O)OC)c(N)c(F)c1C(F)F. The van der Waals surface area contributed by atoms with Crippen molar-refractivity contribution in [3.05, 3.63) is 29.1 Å². The molecule has 0 aliphatic rings. The number of nitrogen functional groups attached to an aromatic ring is 1. The number of nitrogens with two attached hydrogens (primary N) is 1. The van der Waals surface area contributed by atoms with E-state index in [1.54, 1.807) is 0 Å². The zero-order valence-corrected chi connectivity index (χ0v) is 11.4. The molecule has 116 valence electrons. The first-order valence-electron chi connectivity index (χ1n) is 5.70. The van der Waals surface area contributed by atoms with E-state index in [9.17, 15) is 18.0 Å². The van der Waals surface area contributed by atoms with Crippen molar-refractivity contribution in [2.45, 2.75) is 6.43 Å². The van der Waals surface area contributed by atoms with Gasteiger partial charge in [-0.05, 0) is 12.1 Å². The van der Waals surface area contributed by atoms with Crippen LogP contribution in [0.15, 0.2) is 12.1 Å². The highest BCUT2D eigenvalue weighted by Gasteiger charge is 2.24. The summed E-state index contributed by atoms with van der Waals surface area (Å²) in [5, 5.41) is 0. The Hall–Kier alpha value is -2.22. The molecule has 8 heteroatoms. The van der Waals surface area contributed by atoms with Crippen LogP contribution in [0, 0.1) is 5.82 Å². The first-order chi connectivity index (χ1) is 9.92. The molecule has 0 atom stereocenters. The molecule has 0 spiro atoms. The third-order valence-corrected chi connectivity index (χ3v) is 2.49. The lowest BCUT2D eigenvalue weighted by molar-refractivity contribution is -0.134. The third-order valence-electron chi connectivity index (χ3n) is 2.49. The van der Waals surface area contributed by atoms with Crippen LogP contribution in [-0.2, 0) is 14.3 Å². The maximum absolute atomic E-state index is 13.9. The van der Waals surface area contributed by atoms with Gasteiger partial charge in [0.1, 0.15) is 5.75 Å². The molecule has 0 amide bonds. The molecule has 0 unspecified atom stereocenters. The highest BCUT2D eigenvalue weighted by atomic mass is 19.3. The average Bonchev–Trinajstić information content (AvgIpc) is 2.45. The normalized spacial score (nSPS) is 11.1. The molecule has 1 aromatic carbocycles. The lowest BCUT2D eigenvalue weighted by Gasteiger charge is -2.14. The van der Waals surface area contributed by atoms with Crippen LogP contribution in [-0.4, -0.2) is 27.0 Å². The summed E-state index contributed by atoms with van der Waals surface area (Å²) in [5.74, 6) is -2.42. The Morgan fingerprint density at radius 1 is 1.43 bits per heavy atom. The maximum Gasteiger partial charge on any atom is 0.330 e. The number of methoxy groups -OCH3 is 2. The molecule has 0 saturated heterocycles. The second kappa shape index (κ2) is 7.53. The summed E-state index contributed by atoms with van der Waals surface area (Å²) in [4.78, 5) is 11.0. The number of carbonyl (C=O) groups excluding carboxylic acids is 1. The predicted octanol–water partition coefficient (Wildman–Crippen LogP) is 2.51. The van der Waals surface area contributed by atoms with Crippen molar-refractivity contribution in [1.29, 1.82) is 0 Å². The third kappa shape index (κ3) is 4.12. The van der Waals surface area contributed by atoms with Crippen LogP contribution < -0.4 is 10.5 Å². The maximum atomic E-state index is 13.9. The number of carbonyl (C=O) groups is 1. The first-order valence-corrected chi connectivity index (χ1v) is 5.70. The number of halogens is 3. The Morgan fingerprint density at radius 2 is 2.10 bits per heavy atom. The van der Waals surface area contributed by atoms with Gasteiger partial charge < -0.3 is 19.9 Å². The molecule has 1 rings (SSSR count). The van der Waals surface area contributed by atoms with Crippen molar-refractivity contribution < 1.29 is 32.2 Å². The zero-order chi connectivity index (χ0) is 16.0. The van der Waals surface area contributed by atoms with Crippen molar-refractivity contribution in [1.82, 2.24) is 0 Å². The highest BCUT2D eigenvalue weighted by Crippen LogP contribution is 2.37. The number of alkyl halides is 2. The molecule has 0 fully saturated rings. The fourth-order valence-electron chi connectivity index (χ4n) is 1.49. The van der Waals surface area contributed by atoms with Gasteiger partial charge in [-0.15, -0.1) is 0 Å². The number of anilines is 1. The smallest absolute Gasteiger partial charge is 0.330 e. The summed E-state index contributed by atoms with van der Waals surface area (Å²) >= 11 is 0. The van der Waals surface area contributed by atoms with Gasteiger partial charge in [0.2, 0.25) is 0 Å². The van der Waals surface area contributed by atoms with Crippen LogP contribution in [0.1, 0.15) is 17.6 Å². The largest absolute Gasteiger partial charge is 0.467 e. The minimum absolute atomic E-state index is 0.00778. The lowest BCUT2D eigenvalue weighted by atomic mass is 10.1. The van der Waals surface area contributed by atoms with Gasteiger partial charge in [-0.25, -0.2) is 18.0 Å². The van der Waals surface area contributed by atoms with Gasteiger partial charge >= 0.3 is 5.97 Å². The molecule has 2 N–H and O–H groups in total. The van der Waals surface area contributed by atoms with E-state index in [1.165, 1.54) is 7.11 Å². The van der Waals surface area contributed by atoms with Crippen LogP contribution in [0.5, 0.6) is 5.75 Å². The minimum atomic E-state index is -3.11. The summed E-state index contributed by atoms with van der Waals surface area (Å²) < 4.78 is 53.6. The number of hydrogen-bond donors (Lipinski definition) is 1. The van der Waals surface area contributed by atoms with Crippen molar-refractivity contribution in [3.63, 3.8) is 0 Å². The van der Waals surface area contributed by atoms with E-state index < -0.39 is 35.2 Å². The van der Waals surface area contributed by atoms with Crippen molar-refractivity contribution in [3.8, 4) is 5.75 Å². The van der Waals surface area contributed by atoms with Crippen LogP contribution >= 0.6 is 0 Å². The van der Waals surface area contributed by atoms with Gasteiger partial charge in [0, 0.05) is 18.7 Å². The van der Waals surface area contributed by atoms with Crippen LogP contribution in [0.25, 0.3) is 6.08 Å². The van der Waals surface area contributed by atoms with E-state index in [2.05, 4.69) is 9.47 Å².